The van der Waals surface area contributed by atoms with Gasteiger partial charge in [-0.15, -0.1) is 0 Å². The van der Waals surface area contributed by atoms with E-state index in [1.807, 2.05) is 0 Å². The summed E-state index contributed by atoms with van der Waals surface area (Å²) in [6.07, 6.45) is -4.49. The SMILES string of the molecule is O=C(O)CCc1ncc(C(F)(F)F)o1. The summed E-state index contributed by atoms with van der Waals surface area (Å²) in [4.78, 5) is 13.4. The zero-order valence-corrected chi connectivity index (χ0v) is 6.84. The van der Waals surface area contributed by atoms with E-state index in [2.05, 4.69) is 9.40 Å². The molecule has 0 atom stereocenters. The fraction of sp³-hybridized carbons (Fsp3) is 0.429. The maximum atomic E-state index is 11.9. The van der Waals surface area contributed by atoms with Crippen LogP contribution >= 0.6 is 0 Å². The Morgan fingerprint density at radius 3 is 2.64 bits per heavy atom. The van der Waals surface area contributed by atoms with Crippen molar-refractivity contribution < 1.29 is 27.5 Å². The molecule has 0 aliphatic heterocycles. The summed E-state index contributed by atoms with van der Waals surface area (Å²) in [6, 6.07) is 0. The fourth-order valence-electron chi connectivity index (χ4n) is 0.771. The van der Waals surface area contributed by atoms with Gasteiger partial charge in [-0.2, -0.15) is 13.2 Å². The second-order valence-corrected chi connectivity index (χ2v) is 2.51. The van der Waals surface area contributed by atoms with Crippen LogP contribution in [0.2, 0.25) is 0 Å². The molecule has 0 aliphatic rings. The van der Waals surface area contributed by atoms with Crippen LogP contribution in [0.4, 0.5) is 13.2 Å². The minimum Gasteiger partial charge on any atom is -0.481 e. The van der Waals surface area contributed by atoms with E-state index in [0.29, 0.717) is 6.20 Å². The summed E-state index contributed by atoms with van der Waals surface area (Å²) in [7, 11) is 0. The van der Waals surface area contributed by atoms with Gasteiger partial charge in [0.05, 0.1) is 12.6 Å². The van der Waals surface area contributed by atoms with Crippen LogP contribution in [0.5, 0.6) is 0 Å². The van der Waals surface area contributed by atoms with Gasteiger partial charge in [-0.3, -0.25) is 4.79 Å². The lowest BCUT2D eigenvalue weighted by atomic mass is 10.3. The fourth-order valence-corrected chi connectivity index (χ4v) is 0.771. The second kappa shape index (κ2) is 3.69. The topological polar surface area (TPSA) is 63.3 Å². The summed E-state index contributed by atoms with van der Waals surface area (Å²) in [5.74, 6) is -2.55. The molecule has 78 valence electrons. The molecule has 0 fully saturated rings. The van der Waals surface area contributed by atoms with E-state index in [-0.39, 0.29) is 18.7 Å². The van der Waals surface area contributed by atoms with Crippen molar-refractivity contribution in [1.82, 2.24) is 4.98 Å². The summed E-state index contributed by atoms with van der Waals surface area (Å²) >= 11 is 0. The van der Waals surface area contributed by atoms with E-state index in [1.54, 1.807) is 0 Å². The third-order valence-electron chi connectivity index (χ3n) is 1.39. The summed E-state index contributed by atoms with van der Waals surface area (Å²) in [5, 5.41) is 8.25. The molecule has 1 aromatic rings. The van der Waals surface area contributed by atoms with Gasteiger partial charge in [0.2, 0.25) is 5.76 Å². The van der Waals surface area contributed by atoms with Crippen LogP contribution in [0.15, 0.2) is 10.6 Å². The number of rotatable bonds is 3. The van der Waals surface area contributed by atoms with Crippen molar-refractivity contribution in [2.75, 3.05) is 0 Å². The predicted molar refractivity (Wildman–Crippen MR) is 37.5 cm³/mol. The molecular weight excluding hydrogens is 203 g/mol. The van der Waals surface area contributed by atoms with E-state index < -0.39 is 17.9 Å². The van der Waals surface area contributed by atoms with Gasteiger partial charge in [-0.05, 0) is 0 Å². The summed E-state index contributed by atoms with van der Waals surface area (Å²) in [5.41, 5.74) is 0. The molecule has 0 saturated carbocycles. The van der Waals surface area contributed by atoms with Crippen LogP contribution in [0, 0.1) is 0 Å². The molecule has 1 rings (SSSR count). The molecular formula is C7H6F3NO3. The molecule has 0 spiro atoms. The molecule has 14 heavy (non-hydrogen) atoms. The van der Waals surface area contributed by atoms with Crippen molar-refractivity contribution in [2.24, 2.45) is 0 Å². The van der Waals surface area contributed by atoms with Crippen LogP contribution in [0.3, 0.4) is 0 Å². The normalized spacial score (nSPS) is 11.6. The molecule has 7 heteroatoms. The first-order valence-electron chi connectivity index (χ1n) is 3.63. The predicted octanol–water partition coefficient (Wildman–Crippen LogP) is 1.71. The number of carboxylic acids is 1. The average molecular weight is 209 g/mol. The average Bonchev–Trinajstić information content (AvgIpc) is 2.47. The molecule has 0 radical (unpaired) electrons. The minimum atomic E-state index is -4.57. The third kappa shape index (κ3) is 2.75. The highest BCUT2D eigenvalue weighted by Crippen LogP contribution is 2.29. The van der Waals surface area contributed by atoms with Crippen molar-refractivity contribution in [3.05, 3.63) is 17.8 Å². The van der Waals surface area contributed by atoms with Gasteiger partial charge < -0.3 is 9.52 Å². The van der Waals surface area contributed by atoms with Gasteiger partial charge in [0.1, 0.15) is 0 Å². The Balaban J connectivity index is 2.64. The Kier molecular flexibility index (Phi) is 2.78. The van der Waals surface area contributed by atoms with Crippen LogP contribution < -0.4 is 0 Å². The number of carbonyl (C=O) groups is 1. The smallest absolute Gasteiger partial charge is 0.451 e. The standard InChI is InChI=1S/C7H6F3NO3/c8-7(9,10)4-3-11-5(14-4)1-2-6(12)13/h3H,1-2H2,(H,12,13). The Hall–Kier alpha value is -1.53. The van der Waals surface area contributed by atoms with Crippen LogP contribution in [-0.2, 0) is 17.4 Å². The van der Waals surface area contributed by atoms with Gasteiger partial charge in [-0.1, -0.05) is 0 Å². The molecule has 1 aromatic heterocycles. The van der Waals surface area contributed by atoms with Gasteiger partial charge in [-0.25, -0.2) is 4.98 Å². The number of nitrogens with zero attached hydrogens (tertiary/aromatic N) is 1. The Morgan fingerprint density at radius 2 is 2.21 bits per heavy atom. The highest BCUT2D eigenvalue weighted by atomic mass is 19.4. The lowest BCUT2D eigenvalue weighted by molar-refractivity contribution is -0.153. The van der Waals surface area contributed by atoms with Crippen molar-refractivity contribution in [2.45, 2.75) is 19.0 Å². The van der Waals surface area contributed by atoms with Crippen molar-refractivity contribution in [1.29, 1.82) is 0 Å². The monoisotopic (exact) mass is 209 g/mol. The van der Waals surface area contributed by atoms with Gasteiger partial charge in [0.25, 0.3) is 0 Å². The number of aromatic nitrogens is 1. The first kappa shape index (κ1) is 10.6. The van der Waals surface area contributed by atoms with E-state index in [1.165, 1.54) is 0 Å². The number of aliphatic carboxylic acids is 1. The zero-order valence-electron chi connectivity index (χ0n) is 6.84. The maximum Gasteiger partial charge on any atom is 0.451 e. The van der Waals surface area contributed by atoms with Crippen LogP contribution in [-0.4, -0.2) is 16.1 Å². The van der Waals surface area contributed by atoms with E-state index >= 15 is 0 Å². The molecule has 0 saturated heterocycles. The lowest BCUT2D eigenvalue weighted by Crippen LogP contribution is -2.02. The Bertz CT molecular complexity index is 331. The molecule has 1 heterocycles. The molecule has 0 unspecified atom stereocenters. The number of alkyl halides is 3. The Labute approximate surface area is 76.4 Å². The first-order valence-corrected chi connectivity index (χ1v) is 3.63. The highest BCUT2D eigenvalue weighted by Gasteiger charge is 2.35. The van der Waals surface area contributed by atoms with Crippen molar-refractivity contribution in [3.63, 3.8) is 0 Å². The van der Waals surface area contributed by atoms with E-state index in [4.69, 9.17) is 5.11 Å². The Morgan fingerprint density at radius 1 is 1.57 bits per heavy atom. The molecule has 0 amide bonds. The molecule has 0 aliphatic carbocycles. The number of oxazole rings is 1. The minimum absolute atomic E-state index is 0.147. The molecule has 0 aromatic carbocycles. The first-order chi connectivity index (χ1) is 6.39. The lowest BCUT2D eigenvalue weighted by Gasteiger charge is -1.98. The second-order valence-electron chi connectivity index (χ2n) is 2.51. The van der Waals surface area contributed by atoms with Gasteiger partial charge >= 0.3 is 12.1 Å². The zero-order chi connectivity index (χ0) is 10.8. The number of halogens is 3. The summed E-state index contributed by atoms with van der Waals surface area (Å²) < 4.78 is 40.1. The largest absolute Gasteiger partial charge is 0.481 e. The molecule has 4 nitrogen and oxygen atoms in total. The van der Waals surface area contributed by atoms with Crippen molar-refractivity contribution in [3.8, 4) is 0 Å². The van der Waals surface area contributed by atoms with Crippen LogP contribution in [0.1, 0.15) is 18.1 Å². The quantitative estimate of drug-likeness (QED) is 0.822. The molecule has 0 bridgehead atoms. The van der Waals surface area contributed by atoms with Gasteiger partial charge in [0, 0.05) is 6.42 Å². The van der Waals surface area contributed by atoms with Crippen molar-refractivity contribution >= 4 is 5.97 Å². The summed E-state index contributed by atoms with van der Waals surface area (Å²) in [6.45, 7) is 0. The highest BCUT2D eigenvalue weighted by molar-refractivity contribution is 5.66. The number of carboxylic acid groups (broad SMARTS) is 1. The van der Waals surface area contributed by atoms with Gasteiger partial charge in [0.15, 0.2) is 5.89 Å². The maximum absolute atomic E-state index is 11.9. The van der Waals surface area contributed by atoms with E-state index in [0.717, 1.165) is 0 Å². The number of aryl methyl sites for hydroxylation is 1. The molecule has 1 N–H and O–H groups in total. The third-order valence-corrected chi connectivity index (χ3v) is 1.39. The number of hydrogen-bond donors (Lipinski definition) is 1. The van der Waals surface area contributed by atoms with E-state index in [9.17, 15) is 18.0 Å². The number of hydrogen-bond acceptors (Lipinski definition) is 3. The van der Waals surface area contributed by atoms with Crippen LogP contribution in [0.25, 0.3) is 0 Å².